The average molecular weight is 296 g/mol. The van der Waals surface area contributed by atoms with Crippen molar-refractivity contribution in [3.05, 3.63) is 30.3 Å². The predicted molar refractivity (Wildman–Crippen MR) is 77.7 cm³/mol. The van der Waals surface area contributed by atoms with E-state index >= 15 is 0 Å². The zero-order chi connectivity index (χ0) is 13.5. The molecular formula is C13H16N2O2S2. The van der Waals surface area contributed by atoms with Gasteiger partial charge >= 0.3 is 0 Å². The summed E-state index contributed by atoms with van der Waals surface area (Å²) >= 11 is 1.34. The van der Waals surface area contributed by atoms with Crippen LogP contribution in [0.25, 0.3) is 10.1 Å². The lowest BCUT2D eigenvalue weighted by Gasteiger charge is -2.14. The number of thiophene rings is 1. The quantitative estimate of drug-likeness (QED) is 0.940. The van der Waals surface area contributed by atoms with E-state index in [0.717, 1.165) is 16.5 Å². The van der Waals surface area contributed by atoms with E-state index in [2.05, 4.69) is 0 Å². The summed E-state index contributed by atoms with van der Waals surface area (Å²) in [4.78, 5) is 0. The maximum absolute atomic E-state index is 12.6. The Balaban J connectivity index is 1.96. The van der Waals surface area contributed by atoms with Gasteiger partial charge in [0.15, 0.2) is 0 Å². The molecule has 0 amide bonds. The summed E-state index contributed by atoms with van der Waals surface area (Å²) < 4.78 is 28.1. The zero-order valence-corrected chi connectivity index (χ0v) is 12.1. The number of benzene rings is 1. The van der Waals surface area contributed by atoms with Crippen molar-refractivity contribution in [2.45, 2.75) is 10.6 Å². The monoisotopic (exact) mass is 296 g/mol. The van der Waals surface area contributed by atoms with Crippen molar-refractivity contribution in [2.75, 3.05) is 19.6 Å². The first-order chi connectivity index (χ1) is 9.11. The highest BCUT2D eigenvalue weighted by molar-refractivity contribution is 7.91. The topological polar surface area (TPSA) is 63.4 Å². The molecule has 0 unspecified atom stereocenters. The zero-order valence-electron chi connectivity index (χ0n) is 10.5. The number of fused-ring (bicyclic) bond motifs is 1. The first kappa shape index (κ1) is 13.1. The third-order valence-electron chi connectivity index (χ3n) is 3.58. The van der Waals surface area contributed by atoms with Crippen molar-refractivity contribution in [1.82, 2.24) is 4.31 Å². The maximum Gasteiger partial charge on any atom is 0.252 e. The molecule has 6 heteroatoms. The molecule has 1 aromatic heterocycles. The fraction of sp³-hybridized carbons (Fsp3) is 0.385. The van der Waals surface area contributed by atoms with Crippen LogP contribution in [-0.2, 0) is 10.0 Å². The normalized spacial score (nSPS) is 21.2. The Bertz CT molecular complexity index is 660. The molecule has 0 radical (unpaired) electrons. The molecular weight excluding hydrogens is 280 g/mol. The minimum absolute atomic E-state index is 0.296. The molecule has 0 saturated carbocycles. The second-order valence-electron chi connectivity index (χ2n) is 4.86. The molecule has 1 fully saturated rings. The molecule has 4 nitrogen and oxygen atoms in total. The van der Waals surface area contributed by atoms with Gasteiger partial charge in [0.25, 0.3) is 10.0 Å². The Kier molecular flexibility index (Phi) is 3.34. The minimum Gasteiger partial charge on any atom is -0.330 e. The van der Waals surface area contributed by atoms with Crippen LogP contribution in [0.1, 0.15) is 6.42 Å². The van der Waals surface area contributed by atoms with Gasteiger partial charge in [0.1, 0.15) is 4.21 Å². The SMILES string of the molecule is NC[C@H]1CCN(S(=O)(=O)c2cc3ccccc3s2)C1. The van der Waals surface area contributed by atoms with Crippen LogP contribution < -0.4 is 5.73 Å². The molecule has 0 bridgehead atoms. The number of hydrogen-bond donors (Lipinski definition) is 1. The number of rotatable bonds is 3. The van der Waals surface area contributed by atoms with Gasteiger partial charge in [0.2, 0.25) is 0 Å². The van der Waals surface area contributed by atoms with E-state index in [9.17, 15) is 8.42 Å². The van der Waals surface area contributed by atoms with E-state index < -0.39 is 10.0 Å². The van der Waals surface area contributed by atoms with Crippen molar-refractivity contribution >= 4 is 31.4 Å². The van der Waals surface area contributed by atoms with Gasteiger partial charge in [-0.2, -0.15) is 4.31 Å². The lowest BCUT2D eigenvalue weighted by Crippen LogP contribution is -2.29. The van der Waals surface area contributed by atoms with Crippen molar-refractivity contribution < 1.29 is 8.42 Å². The van der Waals surface area contributed by atoms with Crippen LogP contribution in [-0.4, -0.2) is 32.4 Å². The molecule has 102 valence electrons. The van der Waals surface area contributed by atoms with Crippen LogP contribution in [0.15, 0.2) is 34.5 Å². The summed E-state index contributed by atoms with van der Waals surface area (Å²) in [5.41, 5.74) is 5.62. The summed E-state index contributed by atoms with van der Waals surface area (Å²) in [6.07, 6.45) is 0.862. The van der Waals surface area contributed by atoms with Crippen molar-refractivity contribution in [3.63, 3.8) is 0 Å². The summed E-state index contributed by atoms with van der Waals surface area (Å²) in [6, 6.07) is 9.51. The standard InChI is InChI=1S/C13H16N2O2S2/c14-8-10-5-6-15(9-10)19(16,17)13-7-11-3-1-2-4-12(11)18-13/h1-4,7,10H,5-6,8-9,14H2/t10-/m1/s1. The molecule has 1 aliphatic rings. The highest BCUT2D eigenvalue weighted by atomic mass is 32.2. The van der Waals surface area contributed by atoms with Crippen LogP contribution in [0.3, 0.4) is 0 Å². The van der Waals surface area contributed by atoms with Crippen LogP contribution in [0, 0.1) is 5.92 Å². The molecule has 0 spiro atoms. The summed E-state index contributed by atoms with van der Waals surface area (Å²) in [5, 5.41) is 0.987. The first-order valence-corrected chi connectivity index (χ1v) is 8.55. The van der Waals surface area contributed by atoms with E-state index in [1.165, 1.54) is 11.3 Å². The van der Waals surface area contributed by atoms with Gasteiger partial charge in [0, 0.05) is 17.8 Å². The van der Waals surface area contributed by atoms with Gasteiger partial charge in [-0.1, -0.05) is 18.2 Å². The van der Waals surface area contributed by atoms with Gasteiger partial charge < -0.3 is 5.73 Å². The molecule has 2 aromatic rings. The van der Waals surface area contributed by atoms with Crippen molar-refractivity contribution in [3.8, 4) is 0 Å². The van der Waals surface area contributed by atoms with Gasteiger partial charge in [-0.05, 0) is 36.4 Å². The lowest BCUT2D eigenvalue weighted by atomic mass is 10.1. The Morgan fingerprint density at radius 1 is 1.37 bits per heavy atom. The van der Waals surface area contributed by atoms with Gasteiger partial charge in [-0.15, -0.1) is 11.3 Å². The third-order valence-corrected chi connectivity index (χ3v) is 7.01. The average Bonchev–Trinajstić information content (AvgIpc) is 3.05. The Hall–Kier alpha value is -0.950. The van der Waals surface area contributed by atoms with Crippen LogP contribution in [0.5, 0.6) is 0 Å². The van der Waals surface area contributed by atoms with Gasteiger partial charge in [0.05, 0.1) is 0 Å². The largest absolute Gasteiger partial charge is 0.330 e. The fourth-order valence-corrected chi connectivity index (χ4v) is 5.50. The number of nitrogens with two attached hydrogens (primary N) is 1. The Morgan fingerprint density at radius 2 is 2.16 bits per heavy atom. The van der Waals surface area contributed by atoms with E-state index in [1.54, 1.807) is 10.4 Å². The number of sulfonamides is 1. The van der Waals surface area contributed by atoms with Crippen LogP contribution in [0.4, 0.5) is 0 Å². The summed E-state index contributed by atoms with van der Waals surface area (Å²) in [7, 11) is -3.35. The molecule has 1 saturated heterocycles. The molecule has 0 aliphatic carbocycles. The van der Waals surface area contributed by atoms with Crippen LogP contribution >= 0.6 is 11.3 Å². The van der Waals surface area contributed by atoms with E-state index in [-0.39, 0.29) is 0 Å². The smallest absolute Gasteiger partial charge is 0.252 e. The molecule has 1 aromatic carbocycles. The first-order valence-electron chi connectivity index (χ1n) is 6.30. The molecule has 3 rings (SSSR count). The molecule has 2 N–H and O–H groups in total. The molecule has 2 heterocycles. The van der Waals surface area contributed by atoms with Crippen molar-refractivity contribution in [1.29, 1.82) is 0 Å². The fourth-order valence-electron chi connectivity index (χ4n) is 2.42. The third kappa shape index (κ3) is 2.29. The summed E-state index contributed by atoms with van der Waals surface area (Å²) in [5.74, 6) is 0.296. The number of hydrogen-bond acceptors (Lipinski definition) is 4. The minimum atomic E-state index is -3.35. The number of nitrogens with zero attached hydrogens (tertiary/aromatic N) is 1. The second-order valence-corrected chi connectivity index (χ2v) is 8.11. The van der Waals surface area contributed by atoms with Gasteiger partial charge in [-0.25, -0.2) is 8.42 Å². The molecule has 1 atom stereocenters. The maximum atomic E-state index is 12.6. The summed E-state index contributed by atoms with van der Waals surface area (Å²) in [6.45, 7) is 1.68. The molecule has 19 heavy (non-hydrogen) atoms. The highest BCUT2D eigenvalue weighted by Crippen LogP contribution is 2.32. The van der Waals surface area contributed by atoms with E-state index in [1.807, 2.05) is 24.3 Å². The van der Waals surface area contributed by atoms with E-state index in [0.29, 0.717) is 29.8 Å². The predicted octanol–water partition coefficient (Wildman–Crippen LogP) is 1.87. The molecule has 1 aliphatic heterocycles. The van der Waals surface area contributed by atoms with E-state index in [4.69, 9.17) is 5.73 Å². The van der Waals surface area contributed by atoms with Gasteiger partial charge in [-0.3, -0.25) is 0 Å². The second kappa shape index (κ2) is 4.86. The lowest BCUT2D eigenvalue weighted by molar-refractivity contribution is 0.460. The van der Waals surface area contributed by atoms with Crippen LogP contribution in [0.2, 0.25) is 0 Å². The van der Waals surface area contributed by atoms with Crippen molar-refractivity contribution in [2.24, 2.45) is 11.7 Å². The Morgan fingerprint density at radius 3 is 2.84 bits per heavy atom. The highest BCUT2D eigenvalue weighted by Gasteiger charge is 2.32. The Labute approximate surface area is 116 Å².